The van der Waals surface area contributed by atoms with Crippen molar-refractivity contribution in [3.63, 3.8) is 0 Å². The number of hydrogen-bond acceptors (Lipinski definition) is 5. The Morgan fingerprint density at radius 3 is 2.10 bits per heavy atom. The van der Waals surface area contributed by atoms with Crippen LogP contribution in [0.4, 0.5) is 11.4 Å². The summed E-state index contributed by atoms with van der Waals surface area (Å²) in [5, 5.41) is 6.77. The molecule has 49 heavy (non-hydrogen) atoms. The third-order valence-electron chi connectivity index (χ3n) is 8.40. The largest absolute Gasteiger partial charge is 0.456 e. The molecule has 0 saturated heterocycles. The summed E-state index contributed by atoms with van der Waals surface area (Å²) in [6, 6.07) is 37.8. The van der Waals surface area contributed by atoms with Crippen molar-refractivity contribution >= 4 is 44.3 Å². The fourth-order valence-corrected chi connectivity index (χ4v) is 6.14. The van der Waals surface area contributed by atoms with E-state index >= 15 is 0 Å². The molecule has 6 rings (SSSR count). The normalized spacial score (nSPS) is 12.4. The van der Waals surface area contributed by atoms with Gasteiger partial charge in [0, 0.05) is 27.9 Å². The van der Waals surface area contributed by atoms with Gasteiger partial charge in [0.15, 0.2) is 0 Å². The van der Waals surface area contributed by atoms with Gasteiger partial charge in [-0.15, -0.1) is 0 Å². The molecule has 3 N–H and O–H groups in total. The molecule has 1 aromatic heterocycles. The number of benzene rings is 5. The SMILES string of the molecule is CC(C)(C)c1ccc(C(Cc2ccc(C(=O)Nc3cccc(S(=O)(=O)O)c3)cc2)C(=O)Nc2ccc(-c3cc4ccccc4o3)cc2)cc1. The van der Waals surface area contributed by atoms with Crippen LogP contribution in [-0.2, 0) is 26.7 Å². The quantitative estimate of drug-likeness (QED) is 0.132. The Kier molecular flexibility index (Phi) is 9.23. The van der Waals surface area contributed by atoms with Gasteiger partial charge in [0.25, 0.3) is 16.0 Å². The van der Waals surface area contributed by atoms with E-state index in [1.165, 1.54) is 24.3 Å². The van der Waals surface area contributed by atoms with E-state index in [1.54, 1.807) is 24.3 Å². The highest BCUT2D eigenvalue weighted by molar-refractivity contribution is 7.85. The van der Waals surface area contributed by atoms with Crippen LogP contribution >= 0.6 is 0 Å². The van der Waals surface area contributed by atoms with Gasteiger partial charge in [0.1, 0.15) is 11.3 Å². The number of fused-ring (bicyclic) bond motifs is 1. The molecule has 0 radical (unpaired) electrons. The summed E-state index contributed by atoms with van der Waals surface area (Å²) >= 11 is 0. The molecule has 0 aliphatic rings. The fourth-order valence-electron chi connectivity index (χ4n) is 5.61. The van der Waals surface area contributed by atoms with Gasteiger partial charge in [-0.2, -0.15) is 8.42 Å². The Balaban J connectivity index is 1.20. The standard InChI is InChI=1S/C40H36N2O6S/c1-40(2,3)31-19-15-27(16-20-31)35(39(44)41-32-21-17-28(18-22-32)37-24-30-7-4-5-10-36(30)48-37)23-26-11-13-29(14-12-26)38(43)42-33-8-6-9-34(25-33)49(45,46)47/h4-22,24-25,35H,23H2,1-3H3,(H,41,44)(H,42,43)(H,45,46,47). The van der Waals surface area contributed by atoms with E-state index in [0.29, 0.717) is 17.7 Å². The zero-order valence-electron chi connectivity index (χ0n) is 27.3. The van der Waals surface area contributed by atoms with Crippen LogP contribution in [0.2, 0.25) is 0 Å². The Morgan fingerprint density at radius 2 is 1.45 bits per heavy atom. The van der Waals surface area contributed by atoms with Crippen molar-refractivity contribution in [2.45, 2.75) is 43.4 Å². The highest BCUT2D eigenvalue weighted by Crippen LogP contribution is 2.31. The molecule has 1 heterocycles. The first-order chi connectivity index (χ1) is 23.3. The van der Waals surface area contributed by atoms with Crippen molar-refractivity contribution < 1.29 is 27.0 Å². The maximum atomic E-state index is 13.9. The number of carbonyl (C=O) groups is 2. The smallest absolute Gasteiger partial charge is 0.294 e. The summed E-state index contributed by atoms with van der Waals surface area (Å²) in [5.74, 6) is -0.385. The number of nitrogens with one attached hydrogen (secondary N) is 2. The number of hydrogen-bond donors (Lipinski definition) is 3. The molecule has 5 aromatic carbocycles. The minimum absolute atomic E-state index is 0.0397. The van der Waals surface area contributed by atoms with Crippen LogP contribution in [-0.4, -0.2) is 24.8 Å². The summed E-state index contributed by atoms with van der Waals surface area (Å²) in [6.45, 7) is 6.43. The number of furan rings is 1. The topological polar surface area (TPSA) is 126 Å². The first-order valence-corrected chi connectivity index (χ1v) is 17.3. The van der Waals surface area contributed by atoms with E-state index < -0.39 is 21.9 Å². The zero-order chi connectivity index (χ0) is 34.8. The molecule has 0 saturated carbocycles. The van der Waals surface area contributed by atoms with Gasteiger partial charge in [-0.05, 0) is 95.3 Å². The van der Waals surface area contributed by atoms with Gasteiger partial charge >= 0.3 is 0 Å². The number of para-hydroxylation sites is 1. The lowest BCUT2D eigenvalue weighted by atomic mass is 9.84. The van der Waals surface area contributed by atoms with E-state index in [1.807, 2.05) is 66.7 Å². The average molecular weight is 673 g/mol. The summed E-state index contributed by atoms with van der Waals surface area (Å²) < 4.78 is 38.3. The molecule has 248 valence electrons. The minimum Gasteiger partial charge on any atom is -0.456 e. The van der Waals surface area contributed by atoms with Gasteiger partial charge in [0.05, 0.1) is 10.8 Å². The summed E-state index contributed by atoms with van der Waals surface area (Å²) in [4.78, 5) is 26.5. The summed E-state index contributed by atoms with van der Waals surface area (Å²) in [7, 11) is -4.41. The fraction of sp³-hybridized carbons (Fsp3) is 0.150. The van der Waals surface area contributed by atoms with Gasteiger partial charge < -0.3 is 15.1 Å². The molecule has 0 bridgehead atoms. The minimum atomic E-state index is -4.41. The molecule has 0 aliphatic heterocycles. The maximum absolute atomic E-state index is 13.9. The number of amides is 2. The van der Waals surface area contributed by atoms with E-state index in [-0.39, 0.29) is 21.9 Å². The first kappa shape index (κ1) is 33.4. The Hall–Kier alpha value is -5.51. The second-order valence-electron chi connectivity index (χ2n) is 13.0. The van der Waals surface area contributed by atoms with Crippen molar-refractivity contribution in [1.29, 1.82) is 0 Å². The third kappa shape index (κ3) is 7.97. The molecular formula is C40H36N2O6S. The maximum Gasteiger partial charge on any atom is 0.294 e. The monoisotopic (exact) mass is 672 g/mol. The predicted molar refractivity (Wildman–Crippen MR) is 193 cm³/mol. The van der Waals surface area contributed by atoms with E-state index in [0.717, 1.165) is 39.0 Å². The number of anilines is 2. The van der Waals surface area contributed by atoms with Gasteiger partial charge in [0.2, 0.25) is 5.91 Å². The highest BCUT2D eigenvalue weighted by atomic mass is 32.2. The summed E-state index contributed by atoms with van der Waals surface area (Å²) in [6.07, 6.45) is 0.385. The van der Waals surface area contributed by atoms with E-state index in [4.69, 9.17) is 4.42 Å². The molecule has 1 unspecified atom stereocenters. The van der Waals surface area contributed by atoms with Crippen LogP contribution < -0.4 is 10.6 Å². The Bertz CT molecular complexity index is 2200. The van der Waals surface area contributed by atoms with Crippen molar-refractivity contribution in [1.82, 2.24) is 0 Å². The first-order valence-electron chi connectivity index (χ1n) is 15.8. The predicted octanol–water partition coefficient (Wildman–Crippen LogP) is 8.86. The molecule has 0 fully saturated rings. The Morgan fingerprint density at radius 1 is 0.755 bits per heavy atom. The molecule has 0 spiro atoms. The van der Waals surface area contributed by atoms with Crippen LogP contribution in [0.1, 0.15) is 53.7 Å². The third-order valence-corrected chi connectivity index (χ3v) is 9.25. The van der Waals surface area contributed by atoms with Gasteiger partial charge in [-0.1, -0.05) is 81.4 Å². The van der Waals surface area contributed by atoms with Crippen molar-refractivity contribution in [3.05, 3.63) is 150 Å². The van der Waals surface area contributed by atoms with E-state index in [9.17, 15) is 22.6 Å². The van der Waals surface area contributed by atoms with Crippen molar-refractivity contribution in [2.75, 3.05) is 10.6 Å². The molecule has 8 nitrogen and oxygen atoms in total. The summed E-state index contributed by atoms with van der Waals surface area (Å²) in [5.41, 5.74) is 5.79. The molecule has 6 aromatic rings. The molecule has 0 aliphatic carbocycles. The van der Waals surface area contributed by atoms with E-state index in [2.05, 4.69) is 43.5 Å². The molecule has 9 heteroatoms. The highest BCUT2D eigenvalue weighted by Gasteiger charge is 2.23. The molecular weight excluding hydrogens is 637 g/mol. The van der Waals surface area contributed by atoms with Crippen LogP contribution in [0.3, 0.4) is 0 Å². The van der Waals surface area contributed by atoms with Gasteiger partial charge in [-0.25, -0.2) is 0 Å². The average Bonchev–Trinajstić information content (AvgIpc) is 3.52. The Labute approximate surface area is 285 Å². The molecule has 1 atom stereocenters. The molecule has 2 amide bonds. The lowest BCUT2D eigenvalue weighted by molar-refractivity contribution is -0.117. The van der Waals surface area contributed by atoms with Crippen molar-refractivity contribution in [3.8, 4) is 11.3 Å². The zero-order valence-corrected chi connectivity index (χ0v) is 28.1. The van der Waals surface area contributed by atoms with Crippen LogP contribution in [0, 0.1) is 0 Å². The lowest BCUT2D eigenvalue weighted by Gasteiger charge is -2.22. The second-order valence-corrected chi connectivity index (χ2v) is 14.4. The number of carbonyl (C=O) groups excluding carboxylic acids is 2. The lowest BCUT2D eigenvalue weighted by Crippen LogP contribution is -2.23. The van der Waals surface area contributed by atoms with Crippen LogP contribution in [0.15, 0.2) is 137 Å². The van der Waals surface area contributed by atoms with Crippen LogP contribution in [0.25, 0.3) is 22.3 Å². The van der Waals surface area contributed by atoms with Crippen molar-refractivity contribution in [2.24, 2.45) is 0 Å². The second kappa shape index (κ2) is 13.5. The van der Waals surface area contributed by atoms with Gasteiger partial charge in [-0.3, -0.25) is 14.1 Å². The van der Waals surface area contributed by atoms with Crippen LogP contribution in [0.5, 0.6) is 0 Å². The number of rotatable bonds is 9.